The Morgan fingerprint density at radius 1 is 0.939 bits per heavy atom. The highest BCUT2D eigenvalue weighted by atomic mass is 16.6. The lowest BCUT2D eigenvalue weighted by atomic mass is 9.83. The minimum Gasteiger partial charge on any atom is -0.479 e. The Balaban J connectivity index is 1.27. The van der Waals surface area contributed by atoms with Crippen LogP contribution in [0.3, 0.4) is 0 Å². The molecule has 11 nitrogen and oxygen atoms in total. The summed E-state index contributed by atoms with van der Waals surface area (Å²) in [6, 6.07) is 8.09. The van der Waals surface area contributed by atoms with Crippen molar-refractivity contribution in [2.45, 2.75) is 139 Å². The van der Waals surface area contributed by atoms with Gasteiger partial charge in [-0.15, -0.1) is 0 Å². The second kappa shape index (κ2) is 15.3. The van der Waals surface area contributed by atoms with Crippen LogP contribution in [0.25, 0.3) is 0 Å². The number of carboxylic acid groups (broad SMARTS) is 1. The maximum absolute atomic E-state index is 14.4. The molecule has 1 aromatic rings. The summed E-state index contributed by atoms with van der Waals surface area (Å²) in [5.41, 5.74) is -0.330. The molecule has 0 bridgehead atoms. The van der Waals surface area contributed by atoms with Crippen molar-refractivity contribution in [3.63, 3.8) is 0 Å². The quantitative estimate of drug-likeness (QED) is 0.186. The van der Waals surface area contributed by atoms with E-state index in [0.717, 1.165) is 81.9 Å². The Morgan fingerprint density at radius 3 is 2.37 bits per heavy atom. The van der Waals surface area contributed by atoms with Gasteiger partial charge < -0.3 is 30.2 Å². The predicted octanol–water partition coefficient (Wildman–Crippen LogP) is 5.86. The number of alkyl carbamates (subject to hydrolysis) is 1. The number of hydrogen-bond donors (Lipinski definition) is 3. The molecule has 3 aliphatic carbocycles. The SMILES string of the molecule is C[C@]12/C=C\CCCCC[C@H](NC(=O)OC3CCCC3)C(=O)N3C[C@H](O/N=C(/c4ccccc4)C4CCCCC4)C[C@H]3C(=O)N[C@@]1(C(=O)O)C2. The Morgan fingerprint density at radius 2 is 1.63 bits per heavy atom. The molecule has 1 saturated heterocycles. The van der Waals surface area contributed by atoms with Gasteiger partial charge >= 0.3 is 12.1 Å². The molecule has 3 N–H and O–H groups in total. The number of hydrogen-bond acceptors (Lipinski definition) is 7. The highest BCUT2D eigenvalue weighted by molar-refractivity contribution is 6.02. The molecule has 11 heteroatoms. The van der Waals surface area contributed by atoms with Crippen LogP contribution in [0.15, 0.2) is 47.6 Å². The molecule has 6 rings (SSSR count). The van der Waals surface area contributed by atoms with Gasteiger partial charge in [-0.2, -0.15) is 0 Å². The molecule has 1 aromatic carbocycles. The van der Waals surface area contributed by atoms with Crippen molar-refractivity contribution >= 4 is 29.6 Å². The lowest BCUT2D eigenvalue weighted by molar-refractivity contribution is -0.146. The number of fused-ring (bicyclic) bond motifs is 2. The fraction of sp³-hybridized carbons (Fsp3) is 0.658. The summed E-state index contributed by atoms with van der Waals surface area (Å²) in [6.07, 6.45) is 15.6. The molecule has 266 valence electrons. The molecule has 49 heavy (non-hydrogen) atoms. The van der Waals surface area contributed by atoms with Crippen LogP contribution in [-0.2, 0) is 24.0 Å². The Labute approximate surface area is 289 Å². The smallest absolute Gasteiger partial charge is 0.408 e. The molecule has 5 atom stereocenters. The minimum absolute atomic E-state index is 0.0836. The van der Waals surface area contributed by atoms with Gasteiger partial charge in [-0.1, -0.05) is 86.7 Å². The Hall–Kier alpha value is -3.89. The van der Waals surface area contributed by atoms with E-state index in [-0.39, 0.29) is 31.4 Å². The normalized spacial score (nSPS) is 32.6. The molecule has 5 aliphatic rings. The van der Waals surface area contributed by atoms with Gasteiger partial charge in [-0.25, -0.2) is 9.59 Å². The number of ether oxygens (including phenoxy) is 1. The lowest BCUT2D eigenvalue weighted by Crippen LogP contribution is -2.57. The first-order valence-electron chi connectivity index (χ1n) is 18.5. The van der Waals surface area contributed by atoms with Crippen LogP contribution in [0.2, 0.25) is 0 Å². The summed E-state index contributed by atoms with van der Waals surface area (Å²) in [6.45, 7) is 1.93. The van der Waals surface area contributed by atoms with Crippen LogP contribution in [0.1, 0.15) is 115 Å². The van der Waals surface area contributed by atoms with Crippen molar-refractivity contribution < 1.29 is 33.9 Å². The van der Waals surface area contributed by atoms with Crippen molar-refractivity contribution in [2.75, 3.05) is 6.54 Å². The lowest BCUT2D eigenvalue weighted by Gasteiger charge is -2.30. The fourth-order valence-electron chi connectivity index (χ4n) is 8.33. The van der Waals surface area contributed by atoms with E-state index in [4.69, 9.17) is 14.7 Å². The van der Waals surface area contributed by atoms with E-state index in [1.807, 2.05) is 49.4 Å². The number of carbonyl (C=O) groups is 4. The summed E-state index contributed by atoms with van der Waals surface area (Å²) in [5.74, 6) is -1.78. The van der Waals surface area contributed by atoms with E-state index in [1.54, 1.807) is 0 Å². The zero-order valence-corrected chi connectivity index (χ0v) is 28.7. The molecule has 0 radical (unpaired) electrons. The van der Waals surface area contributed by atoms with Gasteiger partial charge in [-0.3, -0.25) is 9.59 Å². The zero-order chi connectivity index (χ0) is 34.4. The first-order valence-corrected chi connectivity index (χ1v) is 18.5. The third kappa shape index (κ3) is 7.96. The third-order valence-corrected chi connectivity index (χ3v) is 11.4. The number of carboxylic acids is 1. The molecular formula is C38H52N4O7. The maximum Gasteiger partial charge on any atom is 0.408 e. The highest BCUT2D eigenvalue weighted by Gasteiger charge is 2.70. The third-order valence-electron chi connectivity index (χ3n) is 11.4. The van der Waals surface area contributed by atoms with Gasteiger partial charge in [0, 0.05) is 17.8 Å². The van der Waals surface area contributed by atoms with E-state index in [0.29, 0.717) is 12.8 Å². The van der Waals surface area contributed by atoms with E-state index < -0.39 is 53.0 Å². The molecule has 0 spiro atoms. The van der Waals surface area contributed by atoms with Gasteiger partial charge in [0.1, 0.15) is 29.8 Å². The number of benzene rings is 1. The predicted molar refractivity (Wildman–Crippen MR) is 184 cm³/mol. The summed E-state index contributed by atoms with van der Waals surface area (Å²) >= 11 is 0. The summed E-state index contributed by atoms with van der Waals surface area (Å²) in [7, 11) is 0. The van der Waals surface area contributed by atoms with Crippen LogP contribution >= 0.6 is 0 Å². The van der Waals surface area contributed by atoms with Crippen molar-refractivity contribution in [3.8, 4) is 0 Å². The molecule has 0 unspecified atom stereocenters. The van der Waals surface area contributed by atoms with E-state index in [9.17, 15) is 24.3 Å². The van der Waals surface area contributed by atoms with Gasteiger partial charge in [0.2, 0.25) is 11.8 Å². The van der Waals surface area contributed by atoms with E-state index in [1.165, 1.54) is 11.3 Å². The summed E-state index contributed by atoms with van der Waals surface area (Å²) < 4.78 is 5.66. The van der Waals surface area contributed by atoms with Crippen LogP contribution < -0.4 is 10.6 Å². The first-order chi connectivity index (χ1) is 23.7. The number of nitrogens with zero attached hydrogens (tertiary/aromatic N) is 2. The minimum atomic E-state index is -1.46. The van der Waals surface area contributed by atoms with Crippen molar-refractivity contribution in [1.29, 1.82) is 0 Å². The number of oxime groups is 1. The molecule has 2 aliphatic heterocycles. The number of carbonyl (C=O) groups excluding carboxylic acids is 3. The van der Waals surface area contributed by atoms with E-state index in [2.05, 4.69) is 10.6 Å². The summed E-state index contributed by atoms with van der Waals surface area (Å²) in [4.78, 5) is 61.8. The number of amides is 3. The summed E-state index contributed by atoms with van der Waals surface area (Å²) in [5, 5.41) is 20.7. The molecule has 3 amide bonds. The Kier molecular flexibility index (Phi) is 10.9. The molecular weight excluding hydrogens is 624 g/mol. The number of aliphatic carboxylic acids is 1. The second-order valence-corrected chi connectivity index (χ2v) is 15.0. The van der Waals surface area contributed by atoms with Crippen molar-refractivity contribution in [3.05, 3.63) is 48.0 Å². The molecule has 3 saturated carbocycles. The van der Waals surface area contributed by atoms with Gasteiger partial charge in [0.15, 0.2) is 0 Å². The van der Waals surface area contributed by atoms with E-state index >= 15 is 0 Å². The Bertz CT molecular complexity index is 1420. The van der Waals surface area contributed by atoms with Crippen LogP contribution in [0.5, 0.6) is 0 Å². The largest absolute Gasteiger partial charge is 0.479 e. The number of rotatable bonds is 7. The molecule has 2 heterocycles. The first kappa shape index (κ1) is 35.0. The standard InChI is InChI=1S/C38H52N4O7/c1-37-22-14-4-2-3-11-21-30(39-36(47)48-28-19-12-13-20-28)34(44)42-24-29(23-31(42)33(43)40-38(37,25-37)35(45)46)49-41-32(26-15-7-5-8-16-26)27-17-9-6-10-18-27/h5,7-8,14-16,22,27-31H,2-4,6,9-13,17-21,23-25H2,1H3,(H,39,47)(H,40,43)(H,45,46)/b22-14-,41-32-/t29-,30+,31+,37-,38-/m1/s1. The number of nitrogens with one attached hydrogen (secondary N) is 2. The average molecular weight is 677 g/mol. The van der Waals surface area contributed by atoms with Crippen LogP contribution in [0.4, 0.5) is 4.79 Å². The van der Waals surface area contributed by atoms with Gasteiger partial charge in [0.25, 0.3) is 0 Å². The van der Waals surface area contributed by atoms with Crippen LogP contribution in [0, 0.1) is 11.3 Å². The van der Waals surface area contributed by atoms with Crippen molar-refractivity contribution in [1.82, 2.24) is 15.5 Å². The maximum atomic E-state index is 14.4. The highest BCUT2D eigenvalue weighted by Crippen LogP contribution is 2.57. The average Bonchev–Trinajstić information content (AvgIpc) is 3.44. The molecule has 4 fully saturated rings. The van der Waals surface area contributed by atoms with Gasteiger partial charge in [0.05, 0.1) is 12.3 Å². The van der Waals surface area contributed by atoms with Crippen LogP contribution in [-0.4, -0.2) is 76.0 Å². The number of allylic oxidation sites excluding steroid dienone is 1. The molecule has 0 aromatic heterocycles. The second-order valence-electron chi connectivity index (χ2n) is 15.0. The van der Waals surface area contributed by atoms with Crippen molar-refractivity contribution in [2.24, 2.45) is 16.5 Å². The van der Waals surface area contributed by atoms with Gasteiger partial charge in [-0.05, 0) is 69.8 Å². The fourth-order valence-corrected chi connectivity index (χ4v) is 8.33. The monoisotopic (exact) mass is 676 g/mol. The zero-order valence-electron chi connectivity index (χ0n) is 28.7. The topological polar surface area (TPSA) is 147 Å².